The van der Waals surface area contributed by atoms with Crippen LogP contribution in [0, 0.1) is 0 Å². The fourth-order valence-electron chi connectivity index (χ4n) is 0.911. The minimum Gasteiger partial charge on any atom is -0.299 e. The fraction of sp³-hybridized carbons (Fsp3) is 0.100. The summed E-state index contributed by atoms with van der Waals surface area (Å²) in [5.41, 5.74) is 1.97. The summed E-state index contributed by atoms with van der Waals surface area (Å²) in [6.45, 7) is 1.89. The molecule has 12 heavy (non-hydrogen) atoms. The second-order valence-electron chi connectivity index (χ2n) is 2.49. The van der Waals surface area contributed by atoms with Crippen LogP contribution in [0.25, 0.3) is 5.57 Å². The highest BCUT2D eigenvalue weighted by Gasteiger charge is 1.93. The molecule has 0 spiro atoms. The van der Waals surface area contributed by atoms with Gasteiger partial charge in [-0.25, -0.2) is 0 Å². The van der Waals surface area contributed by atoms with Crippen LogP contribution in [0.4, 0.5) is 0 Å². The quantitative estimate of drug-likeness (QED) is 0.505. The van der Waals surface area contributed by atoms with E-state index >= 15 is 0 Å². The first-order chi connectivity index (χ1) is 5.74. The van der Waals surface area contributed by atoms with Gasteiger partial charge in [-0.3, -0.25) is 4.79 Å². The Bertz CT molecular complexity index is 298. The molecule has 1 aromatic rings. The lowest BCUT2D eigenvalue weighted by molar-refractivity contribution is -0.104. The molecule has 0 bridgehead atoms. The van der Waals surface area contributed by atoms with E-state index in [0.717, 1.165) is 17.4 Å². The standard InChI is InChI=1S/C10H9ClO/c1-8(6-7-12)9-2-4-10(11)5-3-9/h2-7H,1H3/b8-6-. The third-order valence-electron chi connectivity index (χ3n) is 1.62. The van der Waals surface area contributed by atoms with E-state index in [4.69, 9.17) is 11.6 Å². The first-order valence-electron chi connectivity index (χ1n) is 3.62. The van der Waals surface area contributed by atoms with Gasteiger partial charge in [0.2, 0.25) is 0 Å². The van der Waals surface area contributed by atoms with Crippen LogP contribution in [-0.4, -0.2) is 6.29 Å². The molecular formula is C10H9ClO. The average molecular weight is 181 g/mol. The van der Waals surface area contributed by atoms with E-state index in [9.17, 15) is 4.79 Å². The second kappa shape index (κ2) is 4.07. The monoisotopic (exact) mass is 180 g/mol. The minimum absolute atomic E-state index is 0.706. The van der Waals surface area contributed by atoms with Crippen molar-refractivity contribution in [3.63, 3.8) is 0 Å². The third kappa shape index (κ3) is 2.21. The van der Waals surface area contributed by atoms with Crippen molar-refractivity contribution in [1.82, 2.24) is 0 Å². The average Bonchev–Trinajstić information content (AvgIpc) is 2.06. The van der Waals surface area contributed by atoms with Gasteiger partial charge in [-0.1, -0.05) is 23.7 Å². The van der Waals surface area contributed by atoms with Gasteiger partial charge in [0.05, 0.1) is 0 Å². The Hall–Kier alpha value is -1.08. The van der Waals surface area contributed by atoms with E-state index in [2.05, 4.69) is 0 Å². The van der Waals surface area contributed by atoms with E-state index in [0.29, 0.717) is 5.02 Å². The molecule has 0 amide bonds. The van der Waals surface area contributed by atoms with Crippen LogP contribution in [0.3, 0.4) is 0 Å². The van der Waals surface area contributed by atoms with Gasteiger partial charge in [-0.15, -0.1) is 0 Å². The summed E-state index contributed by atoms with van der Waals surface area (Å²) in [4.78, 5) is 10.2. The summed E-state index contributed by atoms with van der Waals surface area (Å²) in [6, 6.07) is 7.38. The van der Waals surface area contributed by atoms with Crippen molar-refractivity contribution in [2.24, 2.45) is 0 Å². The number of allylic oxidation sites excluding steroid dienone is 2. The fourth-order valence-corrected chi connectivity index (χ4v) is 1.04. The van der Waals surface area contributed by atoms with Crippen LogP contribution in [-0.2, 0) is 4.79 Å². The van der Waals surface area contributed by atoms with Gasteiger partial charge in [-0.05, 0) is 36.3 Å². The molecule has 1 rings (SSSR count). The van der Waals surface area contributed by atoms with E-state index < -0.39 is 0 Å². The smallest absolute Gasteiger partial charge is 0.143 e. The van der Waals surface area contributed by atoms with Crippen molar-refractivity contribution in [2.75, 3.05) is 0 Å². The maximum absolute atomic E-state index is 10.2. The summed E-state index contributed by atoms with van der Waals surface area (Å²) in [5.74, 6) is 0. The zero-order valence-corrected chi connectivity index (χ0v) is 7.51. The molecular weight excluding hydrogens is 172 g/mol. The maximum atomic E-state index is 10.2. The summed E-state index contributed by atoms with van der Waals surface area (Å²) < 4.78 is 0. The zero-order valence-electron chi connectivity index (χ0n) is 6.75. The molecule has 0 fully saturated rings. The van der Waals surface area contributed by atoms with Crippen LogP contribution in [0.1, 0.15) is 12.5 Å². The third-order valence-corrected chi connectivity index (χ3v) is 1.87. The number of halogens is 1. The van der Waals surface area contributed by atoms with Crippen LogP contribution in [0.15, 0.2) is 30.3 Å². The highest BCUT2D eigenvalue weighted by Crippen LogP contribution is 2.16. The summed E-state index contributed by atoms with van der Waals surface area (Å²) >= 11 is 5.70. The molecule has 0 aromatic heterocycles. The minimum atomic E-state index is 0.706. The van der Waals surface area contributed by atoms with Gasteiger partial charge < -0.3 is 0 Å². The van der Waals surface area contributed by atoms with Crippen LogP contribution < -0.4 is 0 Å². The molecule has 1 nitrogen and oxygen atoms in total. The molecule has 0 saturated heterocycles. The molecule has 2 heteroatoms. The maximum Gasteiger partial charge on any atom is 0.143 e. The molecule has 62 valence electrons. The SMILES string of the molecule is C/C(=C/C=O)c1ccc(Cl)cc1. The number of aldehydes is 1. The predicted octanol–water partition coefficient (Wildman–Crippen LogP) is 2.94. The van der Waals surface area contributed by atoms with E-state index in [1.54, 1.807) is 12.1 Å². The van der Waals surface area contributed by atoms with Crippen molar-refractivity contribution in [2.45, 2.75) is 6.92 Å². The van der Waals surface area contributed by atoms with Gasteiger partial charge in [0, 0.05) is 5.02 Å². The molecule has 0 atom stereocenters. The van der Waals surface area contributed by atoms with Gasteiger partial charge in [-0.2, -0.15) is 0 Å². The molecule has 1 aromatic carbocycles. The zero-order chi connectivity index (χ0) is 8.97. The largest absolute Gasteiger partial charge is 0.299 e. The highest BCUT2D eigenvalue weighted by atomic mass is 35.5. The number of hydrogen-bond donors (Lipinski definition) is 0. The van der Waals surface area contributed by atoms with Crippen molar-refractivity contribution in [3.8, 4) is 0 Å². The van der Waals surface area contributed by atoms with E-state index in [1.165, 1.54) is 6.08 Å². The van der Waals surface area contributed by atoms with Gasteiger partial charge >= 0.3 is 0 Å². The van der Waals surface area contributed by atoms with E-state index in [-0.39, 0.29) is 0 Å². The highest BCUT2D eigenvalue weighted by molar-refractivity contribution is 6.30. The molecule has 0 heterocycles. The first kappa shape index (κ1) is 9.01. The molecule has 0 unspecified atom stereocenters. The number of benzene rings is 1. The van der Waals surface area contributed by atoms with Crippen molar-refractivity contribution in [3.05, 3.63) is 40.9 Å². The normalized spacial score (nSPS) is 11.3. The Morgan fingerprint density at radius 1 is 1.33 bits per heavy atom. The number of carbonyl (C=O) groups is 1. The molecule has 0 saturated carbocycles. The van der Waals surface area contributed by atoms with E-state index in [1.807, 2.05) is 19.1 Å². The lowest BCUT2D eigenvalue weighted by Crippen LogP contribution is -1.78. The number of carbonyl (C=O) groups excluding carboxylic acids is 1. The first-order valence-corrected chi connectivity index (χ1v) is 4.00. The van der Waals surface area contributed by atoms with Crippen LogP contribution >= 0.6 is 11.6 Å². The molecule has 0 radical (unpaired) electrons. The summed E-state index contributed by atoms with van der Waals surface area (Å²) in [6.07, 6.45) is 2.31. The Labute approximate surface area is 76.7 Å². The Morgan fingerprint density at radius 2 is 1.92 bits per heavy atom. The molecule has 0 aliphatic rings. The summed E-state index contributed by atoms with van der Waals surface area (Å²) in [5, 5.41) is 0.706. The van der Waals surface area contributed by atoms with Crippen LogP contribution in [0.2, 0.25) is 5.02 Å². The Balaban J connectivity index is 2.97. The molecule has 0 N–H and O–H groups in total. The van der Waals surface area contributed by atoms with Gasteiger partial charge in [0.1, 0.15) is 6.29 Å². The number of rotatable bonds is 2. The molecule has 0 aliphatic heterocycles. The van der Waals surface area contributed by atoms with Gasteiger partial charge in [0.25, 0.3) is 0 Å². The van der Waals surface area contributed by atoms with Crippen LogP contribution in [0.5, 0.6) is 0 Å². The van der Waals surface area contributed by atoms with Gasteiger partial charge in [0.15, 0.2) is 0 Å². The predicted molar refractivity (Wildman–Crippen MR) is 51.2 cm³/mol. The molecule has 0 aliphatic carbocycles. The topological polar surface area (TPSA) is 17.1 Å². The second-order valence-corrected chi connectivity index (χ2v) is 2.93. The number of hydrogen-bond acceptors (Lipinski definition) is 1. The lowest BCUT2D eigenvalue weighted by atomic mass is 10.1. The Kier molecular flexibility index (Phi) is 3.06. The van der Waals surface area contributed by atoms with Crippen molar-refractivity contribution in [1.29, 1.82) is 0 Å². The van der Waals surface area contributed by atoms with Crippen molar-refractivity contribution < 1.29 is 4.79 Å². The van der Waals surface area contributed by atoms with Crippen molar-refractivity contribution >= 4 is 23.5 Å². The Morgan fingerprint density at radius 3 is 2.42 bits per heavy atom. The summed E-state index contributed by atoms with van der Waals surface area (Å²) in [7, 11) is 0. The lowest BCUT2D eigenvalue weighted by Gasteiger charge is -1.98.